The molecule has 1 N–H and O–H groups in total. The summed E-state index contributed by atoms with van der Waals surface area (Å²) in [5.74, 6) is 0.0777. The Labute approximate surface area is 187 Å². The second kappa shape index (κ2) is 9.21. The van der Waals surface area contributed by atoms with Gasteiger partial charge in [0.1, 0.15) is 4.21 Å². The largest absolute Gasteiger partial charge is 0.333 e. The lowest BCUT2D eigenvalue weighted by Gasteiger charge is -2.40. The van der Waals surface area contributed by atoms with Crippen LogP contribution in [0.2, 0.25) is 0 Å². The Hall–Kier alpha value is -2.68. The molecule has 0 radical (unpaired) electrons. The van der Waals surface area contributed by atoms with Crippen molar-refractivity contribution in [3.05, 3.63) is 83.2 Å². The van der Waals surface area contributed by atoms with Crippen molar-refractivity contribution in [2.24, 2.45) is 0 Å². The molecule has 1 aromatic heterocycles. The lowest BCUT2D eigenvalue weighted by molar-refractivity contribution is -0.135. The molecule has 2 heterocycles. The van der Waals surface area contributed by atoms with E-state index in [2.05, 4.69) is 28.8 Å². The first-order valence-corrected chi connectivity index (χ1v) is 12.5. The quantitative estimate of drug-likeness (QED) is 0.617. The number of hydrogen-bond acceptors (Lipinski definition) is 5. The van der Waals surface area contributed by atoms with Crippen molar-refractivity contribution in [2.75, 3.05) is 31.4 Å². The predicted molar refractivity (Wildman–Crippen MR) is 124 cm³/mol. The highest BCUT2D eigenvalue weighted by Gasteiger charge is 2.30. The average molecular weight is 456 g/mol. The Morgan fingerprint density at radius 3 is 2.45 bits per heavy atom. The molecule has 1 fully saturated rings. The number of piperazine rings is 1. The van der Waals surface area contributed by atoms with Crippen molar-refractivity contribution in [1.29, 1.82) is 0 Å². The minimum Gasteiger partial charge on any atom is -0.333 e. The predicted octanol–water partition coefficient (Wildman–Crippen LogP) is 3.61. The molecule has 1 aliphatic rings. The molecule has 1 saturated heterocycles. The lowest BCUT2D eigenvalue weighted by Crippen LogP contribution is -2.49. The van der Waals surface area contributed by atoms with E-state index in [1.807, 2.05) is 23.1 Å². The highest BCUT2D eigenvalue weighted by atomic mass is 32.2. The van der Waals surface area contributed by atoms with Gasteiger partial charge in [-0.25, -0.2) is 8.42 Å². The Kier molecular flexibility index (Phi) is 6.41. The third-order valence-corrected chi connectivity index (χ3v) is 8.19. The summed E-state index contributed by atoms with van der Waals surface area (Å²) in [5.41, 5.74) is 2.47. The van der Waals surface area contributed by atoms with E-state index in [4.69, 9.17) is 0 Å². The van der Waals surface area contributed by atoms with Crippen LogP contribution in [-0.2, 0) is 21.2 Å². The number of likely N-dealkylation sites (N-methyl/N-ethyl adjacent to an activating group) is 1. The Morgan fingerprint density at radius 1 is 1.03 bits per heavy atom. The van der Waals surface area contributed by atoms with Crippen LogP contribution in [0.3, 0.4) is 0 Å². The minimum atomic E-state index is -3.58. The van der Waals surface area contributed by atoms with Gasteiger partial charge in [0, 0.05) is 25.3 Å². The maximum absolute atomic E-state index is 13.1. The maximum atomic E-state index is 13.1. The molecule has 8 heteroatoms. The first-order valence-electron chi connectivity index (χ1n) is 10.1. The van der Waals surface area contributed by atoms with Crippen LogP contribution in [0.4, 0.5) is 5.69 Å². The molecule has 6 nitrogen and oxygen atoms in total. The molecule has 4 rings (SSSR count). The van der Waals surface area contributed by atoms with Crippen LogP contribution in [0.15, 0.2) is 76.3 Å². The molecule has 0 aliphatic carbocycles. The number of nitrogens with zero attached hydrogens (tertiary/aromatic N) is 2. The maximum Gasteiger partial charge on any atom is 0.271 e. The molecule has 31 heavy (non-hydrogen) atoms. The monoisotopic (exact) mass is 455 g/mol. The number of nitrogens with one attached hydrogen (secondary N) is 1. The summed E-state index contributed by atoms with van der Waals surface area (Å²) >= 11 is 1.17. The fraction of sp³-hybridized carbons (Fsp3) is 0.261. The normalized spacial score (nSPS) is 17.5. The second-order valence-corrected chi connectivity index (χ2v) is 10.5. The number of sulfonamides is 1. The smallest absolute Gasteiger partial charge is 0.271 e. The molecule has 3 aromatic rings. The highest BCUT2D eigenvalue weighted by Crippen LogP contribution is 2.26. The van der Waals surface area contributed by atoms with E-state index in [1.165, 1.54) is 11.3 Å². The summed E-state index contributed by atoms with van der Waals surface area (Å²) < 4.78 is 27.6. The van der Waals surface area contributed by atoms with Crippen molar-refractivity contribution >= 4 is 33.0 Å². The van der Waals surface area contributed by atoms with Crippen LogP contribution >= 0.6 is 11.3 Å². The van der Waals surface area contributed by atoms with Crippen LogP contribution in [0.5, 0.6) is 0 Å². The van der Waals surface area contributed by atoms with Crippen LogP contribution < -0.4 is 4.72 Å². The van der Waals surface area contributed by atoms with E-state index < -0.39 is 10.0 Å². The molecule has 1 amide bonds. The first kappa shape index (κ1) is 21.5. The number of carbonyl (C=O) groups is 1. The number of benzene rings is 2. The zero-order valence-electron chi connectivity index (χ0n) is 17.3. The summed E-state index contributed by atoms with van der Waals surface area (Å²) in [4.78, 5) is 17.3. The van der Waals surface area contributed by atoms with Gasteiger partial charge in [-0.15, -0.1) is 11.3 Å². The topological polar surface area (TPSA) is 69.7 Å². The molecule has 1 atom stereocenters. The number of thiophene rings is 1. The molecule has 0 bridgehead atoms. The SMILES string of the molecule is CN1CCN(C(=O)Cc2ccc(NS(=O)(=O)c3cccs3)cc2)C(c2ccccc2)C1. The molecule has 162 valence electrons. The van der Waals surface area contributed by atoms with E-state index in [9.17, 15) is 13.2 Å². The number of anilines is 1. The van der Waals surface area contributed by atoms with Crippen LogP contribution in [0.1, 0.15) is 17.2 Å². The number of rotatable bonds is 6. The fourth-order valence-corrected chi connectivity index (χ4v) is 5.82. The summed E-state index contributed by atoms with van der Waals surface area (Å²) in [7, 11) is -1.50. The molecular formula is C23H25N3O3S2. The minimum absolute atomic E-state index is 0.0318. The van der Waals surface area contributed by atoms with Crippen molar-refractivity contribution in [2.45, 2.75) is 16.7 Å². The average Bonchev–Trinajstić information content (AvgIpc) is 3.31. The summed E-state index contributed by atoms with van der Waals surface area (Å²) in [6.45, 7) is 2.34. The zero-order chi connectivity index (χ0) is 21.8. The van der Waals surface area contributed by atoms with Gasteiger partial charge in [0.05, 0.1) is 12.5 Å². The van der Waals surface area contributed by atoms with Crippen molar-refractivity contribution < 1.29 is 13.2 Å². The van der Waals surface area contributed by atoms with Gasteiger partial charge in [0.25, 0.3) is 10.0 Å². The second-order valence-electron chi connectivity index (χ2n) is 7.69. The van der Waals surface area contributed by atoms with Gasteiger partial charge in [-0.1, -0.05) is 48.5 Å². The van der Waals surface area contributed by atoms with E-state index in [0.29, 0.717) is 12.2 Å². The number of carbonyl (C=O) groups excluding carboxylic acids is 1. The fourth-order valence-electron chi connectivity index (χ4n) is 3.77. The van der Waals surface area contributed by atoms with Crippen molar-refractivity contribution in [3.8, 4) is 0 Å². The van der Waals surface area contributed by atoms with Gasteiger partial charge < -0.3 is 9.80 Å². The van der Waals surface area contributed by atoms with Gasteiger partial charge in [0.15, 0.2) is 0 Å². The Bertz CT molecular complexity index is 1110. The van der Waals surface area contributed by atoms with Crippen LogP contribution in [0.25, 0.3) is 0 Å². The van der Waals surface area contributed by atoms with Crippen LogP contribution in [0, 0.1) is 0 Å². The third kappa shape index (κ3) is 5.15. The lowest BCUT2D eigenvalue weighted by atomic mass is 10.0. The van der Waals surface area contributed by atoms with Gasteiger partial charge >= 0.3 is 0 Å². The zero-order valence-corrected chi connectivity index (χ0v) is 18.9. The Balaban J connectivity index is 1.44. The Morgan fingerprint density at radius 2 is 1.77 bits per heavy atom. The highest BCUT2D eigenvalue weighted by molar-refractivity contribution is 7.94. The summed E-state index contributed by atoms with van der Waals surface area (Å²) in [5, 5.41) is 1.73. The molecule has 0 saturated carbocycles. The van der Waals surface area contributed by atoms with E-state index in [0.717, 1.165) is 24.2 Å². The van der Waals surface area contributed by atoms with Gasteiger partial charge in [0.2, 0.25) is 5.91 Å². The van der Waals surface area contributed by atoms with E-state index in [-0.39, 0.29) is 22.6 Å². The van der Waals surface area contributed by atoms with Crippen molar-refractivity contribution in [3.63, 3.8) is 0 Å². The standard InChI is InChI=1S/C23H25N3O3S2/c1-25-13-14-26(21(17-25)19-6-3-2-4-7-19)22(27)16-18-9-11-20(12-10-18)24-31(28,29)23-8-5-15-30-23/h2-12,15,21,24H,13-14,16-17H2,1H3. The van der Waals surface area contributed by atoms with Crippen LogP contribution in [-0.4, -0.2) is 50.8 Å². The molecule has 1 aliphatic heterocycles. The van der Waals surface area contributed by atoms with E-state index in [1.54, 1.807) is 41.8 Å². The van der Waals surface area contributed by atoms with E-state index >= 15 is 0 Å². The summed E-state index contributed by atoms with van der Waals surface area (Å²) in [6, 6.07) is 20.4. The van der Waals surface area contributed by atoms with Crippen molar-refractivity contribution in [1.82, 2.24) is 9.80 Å². The first-order chi connectivity index (χ1) is 14.9. The molecular weight excluding hydrogens is 430 g/mol. The number of amides is 1. The third-order valence-electron chi connectivity index (χ3n) is 5.41. The van der Waals surface area contributed by atoms with Gasteiger partial charge in [-0.05, 0) is 41.8 Å². The molecule has 0 spiro atoms. The van der Waals surface area contributed by atoms with Gasteiger partial charge in [-0.3, -0.25) is 9.52 Å². The summed E-state index contributed by atoms with van der Waals surface area (Å²) in [6.07, 6.45) is 0.283. The molecule has 1 unspecified atom stereocenters. The molecule has 2 aromatic carbocycles. The van der Waals surface area contributed by atoms with Gasteiger partial charge in [-0.2, -0.15) is 0 Å². The number of hydrogen-bond donors (Lipinski definition) is 1.